The quantitative estimate of drug-likeness (QED) is 0.557. The van der Waals surface area contributed by atoms with Gasteiger partial charge in [0, 0.05) is 18.8 Å². The Morgan fingerprint density at radius 1 is 1.22 bits per heavy atom. The van der Waals surface area contributed by atoms with Crippen LogP contribution in [-0.2, 0) is 17.1 Å². The molecule has 27 heavy (non-hydrogen) atoms. The number of rotatable bonds is 4. The van der Waals surface area contributed by atoms with Gasteiger partial charge >= 0.3 is 16.0 Å². The highest BCUT2D eigenvalue weighted by Gasteiger charge is 2.25. The Hall–Kier alpha value is -3.28. The number of hydrogen-bond donors (Lipinski definition) is 1. The summed E-state index contributed by atoms with van der Waals surface area (Å²) in [6.45, 7) is 1.71. The first-order valence-corrected chi connectivity index (χ1v) is 9.21. The van der Waals surface area contributed by atoms with E-state index in [1.54, 1.807) is 26.1 Å². The van der Waals surface area contributed by atoms with Crippen molar-refractivity contribution in [2.45, 2.75) is 12.1 Å². The number of benzene rings is 1. The molecular weight excluding hydrogens is 377 g/mol. The van der Waals surface area contributed by atoms with E-state index in [0.29, 0.717) is 11.2 Å². The van der Waals surface area contributed by atoms with Crippen LogP contribution in [-0.4, -0.2) is 44.9 Å². The van der Waals surface area contributed by atoms with E-state index >= 15 is 0 Å². The fraction of sp³-hybridized carbons (Fsp3) is 0.200. The van der Waals surface area contributed by atoms with Crippen LogP contribution >= 0.6 is 0 Å². The third kappa shape index (κ3) is 2.73. The zero-order valence-electron chi connectivity index (χ0n) is 14.5. The fourth-order valence-corrected chi connectivity index (χ4v) is 3.61. The van der Waals surface area contributed by atoms with E-state index in [1.165, 1.54) is 28.4 Å². The van der Waals surface area contributed by atoms with Gasteiger partial charge in [-0.05, 0) is 19.1 Å². The van der Waals surface area contributed by atoms with Gasteiger partial charge in [-0.3, -0.25) is 9.40 Å². The van der Waals surface area contributed by atoms with Gasteiger partial charge in [0.05, 0.1) is 18.0 Å². The number of methoxy groups -OCH3 is 1. The molecule has 10 nitrogen and oxygen atoms in total. The van der Waals surface area contributed by atoms with Crippen molar-refractivity contribution >= 4 is 32.4 Å². The standard InChI is InChI=1S/C15H14FN7O3S/c1-8-7-11-18-14(20-23(11)15(17-8)26-3)27(24,25)21-13-12-9(16)5-4-6-10(12)22(2)19-13/h4-7H,1-3H3,(H,19,21). The lowest BCUT2D eigenvalue weighted by atomic mass is 10.2. The molecule has 0 amide bonds. The minimum Gasteiger partial charge on any atom is -0.467 e. The summed E-state index contributed by atoms with van der Waals surface area (Å²) in [5, 5.41) is 7.54. The third-order valence-corrected chi connectivity index (χ3v) is 5.00. The Morgan fingerprint density at radius 2 is 2.00 bits per heavy atom. The summed E-state index contributed by atoms with van der Waals surface area (Å²) in [4.78, 5) is 8.13. The van der Waals surface area contributed by atoms with Crippen LogP contribution in [0.15, 0.2) is 29.4 Å². The van der Waals surface area contributed by atoms with Crippen molar-refractivity contribution in [1.29, 1.82) is 0 Å². The van der Waals surface area contributed by atoms with Crippen molar-refractivity contribution in [3.8, 4) is 6.01 Å². The van der Waals surface area contributed by atoms with Crippen LogP contribution in [0.5, 0.6) is 6.01 Å². The van der Waals surface area contributed by atoms with E-state index in [4.69, 9.17) is 4.74 Å². The maximum Gasteiger partial charge on any atom is 0.319 e. The molecule has 0 aliphatic rings. The molecule has 0 fully saturated rings. The second-order valence-electron chi connectivity index (χ2n) is 5.76. The summed E-state index contributed by atoms with van der Waals surface area (Å²) in [6.07, 6.45) is 0. The van der Waals surface area contributed by atoms with Crippen LogP contribution < -0.4 is 9.46 Å². The predicted octanol–water partition coefficient (Wildman–Crippen LogP) is 1.27. The van der Waals surface area contributed by atoms with Gasteiger partial charge in [0.25, 0.3) is 5.16 Å². The van der Waals surface area contributed by atoms with Crippen molar-refractivity contribution in [2.75, 3.05) is 11.8 Å². The van der Waals surface area contributed by atoms with E-state index in [0.717, 1.165) is 0 Å². The van der Waals surface area contributed by atoms with Gasteiger partial charge in [0.15, 0.2) is 11.5 Å². The number of halogens is 1. The van der Waals surface area contributed by atoms with Gasteiger partial charge in [-0.2, -0.15) is 23.0 Å². The molecule has 4 aromatic rings. The summed E-state index contributed by atoms with van der Waals surface area (Å²) in [5.41, 5.74) is 1.27. The molecule has 0 unspecified atom stereocenters. The van der Waals surface area contributed by atoms with Crippen LogP contribution in [0.1, 0.15) is 5.69 Å². The lowest BCUT2D eigenvalue weighted by Crippen LogP contribution is -2.15. The Bertz CT molecular complexity index is 1300. The second-order valence-corrected chi connectivity index (χ2v) is 7.34. The van der Waals surface area contributed by atoms with E-state index in [1.807, 2.05) is 0 Å². The maximum atomic E-state index is 14.2. The third-order valence-electron chi connectivity index (χ3n) is 3.88. The SMILES string of the molecule is COc1nc(C)cc2nc(S(=O)(=O)Nc3nn(C)c4cccc(F)c34)nn12. The number of nitrogens with one attached hydrogen (secondary N) is 1. The molecule has 0 atom stereocenters. The van der Waals surface area contributed by atoms with E-state index in [2.05, 4.69) is 24.9 Å². The Morgan fingerprint density at radius 3 is 2.74 bits per heavy atom. The number of nitrogens with zero attached hydrogens (tertiary/aromatic N) is 6. The molecule has 0 radical (unpaired) electrons. The molecule has 4 rings (SSSR count). The molecule has 0 saturated heterocycles. The van der Waals surface area contributed by atoms with Crippen LogP contribution in [0, 0.1) is 12.7 Å². The first-order valence-electron chi connectivity index (χ1n) is 7.72. The Labute approximate surface area is 152 Å². The smallest absolute Gasteiger partial charge is 0.319 e. The Kier molecular flexibility index (Phi) is 3.73. The van der Waals surface area contributed by atoms with Crippen LogP contribution in [0.3, 0.4) is 0 Å². The minimum atomic E-state index is -4.23. The molecule has 0 aliphatic heterocycles. The number of aromatic nitrogens is 6. The first kappa shape index (κ1) is 17.1. The normalized spacial score (nSPS) is 12.0. The molecule has 3 heterocycles. The lowest BCUT2D eigenvalue weighted by molar-refractivity contribution is 0.365. The first-order chi connectivity index (χ1) is 12.8. The highest BCUT2D eigenvalue weighted by molar-refractivity contribution is 7.92. The zero-order valence-corrected chi connectivity index (χ0v) is 15.3. The molecular formula is C15H14FN7O3S. The highest BCUT2D eigenvalue weighted by atomic mass is 32.2. The molecule has 0 spiro atoms. The summed E-state index contributed by atoms with van der Waals surface area (Å²) in [6, 6.07) is 6.02. The lowest BCUT2D eigenvalue weighted by Gasteiger charge is -2.02. The van der Waals surface area contributed by atoms with Gasteiger partial charge in [-0.25, -0.2) is 9.37 Å². The highest BCUT2D eigenvalue weighted by Crippen LogP contribution is 2.27. The number of anilines is 1. The van der Waals surface area contributed by atoms with Crippen LogP contribution in [0.2, 0.25) is 0 Å². The topological polar surface area (TPSA) is 116 Å². The number of ether oxygens (including phenoxy) is 1. The fourth-order valence-electron chi connectivity index (χ4n) is 2.72. The molecule has 3 aromatic heterocycles. The van der Waals surface area contributed by atoms with Gasteiger partial charge in [-0.1, -0.05) is 6.07 Å². The van der Waals surface area contributed by atoms with E-state index < -0.39 is 21.0 Å². The van der Waals surface area contributed by atoms with Gasteiger partial charge in [-0.15, -0.1) is 5.10 Å². The molecule has 0 bridgehead atoms. The molecule has 12 heteroatoms. The monoisotopic (exact) mass is 391 g/mol. The molecule has 140 valence electrons. The predicted molar refractivity (Wildman–Crippen MR) is 93.6 cm³/mol. The number of sulfonamides is 1. The number of hydrogen-bond acceptors (Lipinski definition) is 7. The Balaban J connectivity index is 1.82. The molecule has 1 aromatic carbocycles. The maximum absolute atomic E-state index is 14.2. The average molecular weight is 391 g/mol. The average Bonchev–Trinajstić information content (AvgIpc) is 3.17. The molecule has 1 N–H and O–H groups in total. The molecule has 0 saturated carbocycles. The van der Waals surface area contributed by atoms with Crippen molar-refractivity contribution < 1.29 is 17.5 Å². The summed E-state index contributed by atoms with van der Waals surface area (Å²) in [5.74, 6) is -0.742. The number of fused-ring (bicyclic) bond motifs is 2. The molecule has 0 aliphatic carbocycles. The summed E-state index contributed by atoms with van der Waals surface area (Å²) >= 11 is 0. The van der Waals surface area contributed by atoms with Gasteiger partial charge < -0.3 is 4.74 Å². The van der Waals surface area contributed by atoms with Crippen molar-refractivity contribution in [3.63, 3.8) is 0 Å². The minimum absolute atomic E-state index is 0.0578. The van der Waals surface area contributed by atoms with Crippen molar-refractivity contribution in [3.05, 3.63) is 35.8 Å². The summed E-state index contributed by atoms with van der Waals surface area (Å²) < 4.78 is 49.6. The zero-order chi connectivity index (χ0) is 19.3. The van der Waals surface area contributed by atoms with Crippen molar-refractivity contribution in [1.82, 2.24) is 29.4 Å². The largest absolute Gasteiger partial charge is 0.467 e. The van der Waals surface area contributed by atoms with E-state index in [-0.39, 0.29) is 22.9 Å². The number of aryl methyl sites for hydroxylation is 2. The van der Waals surface area contributed by atoms with Crippen molar-refractivity contribution in [2.24, 2.45) is 7.05 Å². The van der Waals surface area contributed by atoms with Crippen LogP contribution in [0.25, 0.3) is 16.6 Å². The van der Waals surface area contributed by atoms with Crippen LogP contribution in [0.4, 0.5) is 10.2 Å². The van der Waals surface area contributed by atoms with E-state index in [9.17, 15) is 12.8 Å². The summed E-state index contributed by atoms with van der Waals surface area (Å²) in [7, 11) is -1.25. The van der Waals surface area contributed by atoms with Gasteiger partial charge in [0.2, 0.25) is 0 Å². The second kappa shape index (κ2) is 5.87. The van der Waals surface area contributed by atoms with Gasteiger partial charge in [0.1, 0.15) is 5.82 Å².